The smallest absolute Gasteiger partial charge is 0.347 e. The van der Waals surface area contributed by atoms with E-state index < -0.39 is 0 Å². The summed E-state index contributed by atoms with van der Waals surface area (Å²) in [5, 5.41) is 0. The molecular formula is C9H8BIO4. The van der Waals surface area contributed by atoms with Crippen LogP contribution >= 0.6 is 23.0 Å². The van der Waals surface area contributed by atoms with Crippen LogP contribution in [0.5, 0.6) is 11.5 Å². The first-order chi connectivity index (χ1) is 7.26. The Labute approximate surface area is 102 Å². The van der Waals surface area contributed by atoms with Crippen molar-refractivity contribution >= 4 is 41.7 Å². The maximum absolute atomic E-state index is 11.5. The molecule has 0 bridgehead atoms. The van der Waals surface area contributed by atoms with Gasteiger partial charge in [0.15, 0.2) is 41.8 Å². The van der Waals surface area contributed by atoms with Gasteiger partial charge in [-0.1, -0.05) is 12.3 Å². The number of rotatable bonds is 2. The minimum absolute atomic E-state index is 0.210. The minimum Gasteiger partial charge on any atom is -0.454 e. The van der Waals surface area contributed by atoms with Gasteiger partial charge in [-0.05, 0) is 12.1 Å². The summed E-state index contributed by atoms with van der Waals surface area (Å²) in [6.07, 6.45) is 0. The van der Waals surface area contributed by atoms with E-state index in [1.54, 1.807) is 29.1 Å². The second-order valence-electron chi connectivity index (χ2n) is 3.08. The molecule has 0 aliphatic carbocycles. The molecule has 0 saturated heterocycles. The molecule has 0 radical (unpaired) electrons. The van der Waals surface area contributed by atoms with E-state index in [1.165, 1.54) is 0 Å². The van der Waals surface area contributed by atoms with Gasteiger partial charge in [-0.3, -0.25) is 0 Å². The number of halogens is 1. The van der Waals surface area contributed by atoms with Crippen LogP contribution in [0.2, 0.25) is 6.82 Å². The molecule has 0 N–H and O–H groups in total. The molecule has 1 aliphatic heterocycles. The van der Waals surface area contributed by atoms with Crippen LogP contribution in [0.3, 0.4) is 0 Å². The highest BCUT2D eigenvalue weighted by Gasteiger charge is 2.20. The van der Waals surface area contributed by atoms with E-state index in [1.807, 2.05) is 12.9 Å². The van der Waals surface area contributed by atoms with E-state index in [-0.39, 0.29) is 12.8 Å². The van der Waals surface area contributed by atoms with Gasteiger partial charge in [0, 0.05) is 0 Å². The van der Waals surface area contributed by atoms with Crippen molar-refractivity contribution in [1.82, 2.24) is 0 Å². The largest absolute Gasteiger partial charge is 0.454 e. The van der Waals surface area contributed by atoms with Crippen LogP contribution in [0.15, 0.2) is 12.1 Å². The molecule has 0 spiro atoms. The van der Waals surface area contributed by atoms with E-state index in [9.17, 15) is 4.79 Å². The molecule has 1 aromatic rings. The van der Waals surface area contributed by atoms with Crippen LogP contribution in [0.4, 0.5) is 0 Å². The van der Waals surface area contributed by atoms with Crippen LogP contribution in [0.1, 0.15) is 10.4 Å². The summed E-state index contributed by atoms with van der Waals surface area (Å²) in [5.41, 5.74) is 1.44. The van der Waals surface area contributed by atoms with Crippen LogP contribution in [-0.2, 0) is 3.07 Å². The molecule has 0 unspecified atom stereocenters. The van der Waals surface area contributed by atoms with Gasteiger partial charge in [0.25, 0.3) is 0 Å². The quantitative estimate of drug-likeness (QED) is 0.604. The van der Waals surface area contributed by atoms with Crippen molar-refractivity contribution in [3.8, 4) is 11.5 Å². The Morgan fingerprint density at radius 2 is 2.13 bits per heavy atom. The zero-order valence-electron chi connectivity index (χ0n) is 8.08. The van der Waals surface area contributed by atoms with E-state index in [0.29, 0.717) is 17.1 Å². The molecule has 0 saturated carbocycles. The first kappa shape index (κ1) is 10.6. The third kappa shape index (κ3) is 1.90. The van der Waals surface area contributed by atoms with Gasteiger partial charge in [0.05, 0.1) is 5.56 Å². The van der Waals surface area contributed by atoms with Gasteiger partial charge in [0.1, 0.15) is 0 Å². The predicted octanol–water partition coefficient (Wildman–Crippen LogP) is 1.03. The summed E-state index contributed by atoms with van der Waals surface area (Å²) in [7, 11) is 0.748. The highest BCUT2D eigenvalue weighted by molar-refractivity contribution is 14.1. The molecule has 2 rings (SSSR count). The predicted molar refractivity (Wildman–Crippen MR) is 64.6 cm³/mol. The number of carbonyl (C=O) groups excluding carboxylic acids is 1. The van der Waals surface area contributed by atoms with Crippen LogP contribution in [-0.4, -0.2) is 20.0 Å². The average Bonchev–Trinajstić information content (AvgIpc) is 2.73. The van der Waals surface area contributed by atoms with Crippen LogP contribution in [0, 0.1) is 0 Å². The molecule has 15 heavy (non-hydrogen) atoms. The third-order valence-electron chi connectivity index (χ3n) is 2.27. The molecule has 78 valence electrons. The lowest BCUT2D eigenvalue weighted by Gasteiger charge is -2.05. The standard InChI is InChI=1S/C9H8BIO4/c1-10-6-3-8-7(13-4-14-8)2-5(6)9(12)15-11/h2-3,10H,4H2,1H3. The number of hydrogen-bond donors (Lipinski definition) is 0. The lowest BCUT2D eigenvalue weighted by atomic mass is 9.71. The van der Waals surface area contributed by atoms with Gasteiger partial charge >= 0.3 is 5.97 Å². The SMILES string of the molecule is CBc1cc2c(cc1C(=O)OI)OCO2. The molecule has 0 aromatic heterocycles. The zero-order chi connectivity index (χ0) is 10.8. The Morgan fingerprint density at radius 1 is 1.47 bits per heavy atom. The average molecular weight is 318 g/mol. The number of ether oxygens (including phenoxy) is 2. The van der Waals surface area contributed by atoms with E-state index in [4.69, 9.17) is 9.47 Å². The summed E-state index contributed by atoms with van der Waals surface area (Å²) in [6, 6.07) is 3.49. The van der Waals surface area contributed by atoms with E-state index in [2.05, 4.69) is 3.07 Å². The molecule has 0 amide bonds. The Morgan fingerprint density at radius 3 is 2.73 bits per heavy atom. The van der Waals surface area contributed by atoms with Gasteiger partial charge in [-0.15, -0.1) is 0 Å². The topological polar surface area (TPSA) is 44.8 Å². The van der Waals surface area contributed by atoms with Gasteiger partial charge in [0.2, 0.25) is 6.79 Å². The monoisotopic (exact) mass is 318 g/mol. The molecular weight excluding hydrogens is 310 g/mol. The fourth-order valence-corrected chi connectivity index (χ4v) is 1.75. The fraction of sp³-hybridized carbons (Fsp3) is 0.222. The van der Waals surface area contributed by atoms with Crippen molar-refractivity contribution in [3.05, 3.63) is 17.7 Å². The summed E-state index contributed by atoms with van der Waals surface area (Å²) >= 11 is 1.58. The molecule has 1 aromatic carbocycles. The Bertz CT molecular complexity index is 407. The van der Waals surface area contributed by atoms with Crippen molar-refractivity contribution in [3.63, 3.8) is 0 Å². The molecule has 1 heterocycles. The van der Waals surface area contributed by atoms with Gasteiger partial charge < -0.3 is 12.5 Å². The zero-order valence-corrected chi connectivity index (χ0v) is 10.2. The van der Waals surface area contributed by atoms with Gasteiger partial charge in [-0.25, -0.2) is 4.79 Å². The third-order valence-corrected chi connectivity index (χ3v) is 2.67. The Balaban J connectivity index is 2.48. The minimum atomic E-state index is -0.356. The fourth-order valence-electron chi connectivity index (χ4n) is 1.51. The normalized spacial score (nSPS) is 12.4. The van der Waals surface area contributed by atoms with Crippen molar-refractivity contribution < 1.29 is 17.3 Å². The maximum Gasteiger partial charge on any atom is 0.347 e. The molecule has 0 fully saturated rings. The highest BCUT2D eigenvalue weighted by atomic mass is 127. The molecule has 6 heteroatoms. The lowest BCUT2D eigenvalue weighted by Crippen LogP contribution is -2.20. The first-order valence-corrected chi connectivity index (χ1v) is 5.39. The number of hydrogen-bond acceptors (Lipinski definition) is 4. The van der Waals surface area contributed by atoms with Crippen molar-refractivity contribution in [1.29, 1.82) is 0 Å². The maximum atomic E-state index is 11.5. The van der Waals surface area contributed by atoms with Crippen LogP contribution in [0.25, 0.3) is 0 Å². The first-order valence-electron chi connectivity index (χ1n) is 4.51. The Hall–Kier alpha value is -0.915. The second-order valence-corrected chi connectivity index (χ2v) is 3.52. The summed E-state index contributed by atoms with van der Waals surface area (Å²) in [4.78, 5) is 11.5. The van der Waals surface area contributed by atoms with Crippen LogP contribution < -0.4 is 14.9 Å². The lowest BCUT2D eigenvalue weighted by molar-refractivity contribution is 0.0801. The van der Waals surface area contributed by atoms with Crippen molar-refractivity contribution in [2.24, 2.45) is 0 Å². The number of carbonyl (C=O) groups is 1. The molecule has 0 atom stereocenters. The highest BCUT2D eigenvalue weighted by Crippen LogP contribution is 2.31. The summed E-state index contributed by atoms with van der Waals surface area (Å²) < 4.78 is 15.1. The second kappa shape index (κ2) is 4.30. The summed E-state index contributed by atoms with van der Waals surface area (Å²) in [5.74, 6) is 0.937. The van der Waals surface area contributed by atoms with Crippen molar-refractivity contribution in [2.45, 2.75) is 6.82 Å². The number of fused-ring (bicyclic) bond motifs is 1. The van der Waals surface area contributed by atoms with E-state index in [0.717, 1.165) is 12.7 Å². The molecule has 1 aliphatic rings. The Kier molecular flexibility index (Phi) is 3.04. The number of benzene rings is 1. The molecule has 4 nitrogen and oxygen atoms in total. The van der Waals surface area contributed by atoms with Gasteiger partial charge in [-0.2, -0.15) is 0 Å². The summed E-state index contributed by atoms with van der Waals surface area (Å²) in [6.45, 7) is 2.18. The van der Waals surface area contributed by atoms with E-state index >= 15 is 0 Å². The van der Waals surface area contributed by atoms with Crippen molar-refractivity contribution in [2.75, 3.05) is 6.79 Å².